The molecule has 11 aromatic rings. The van der Waals surface area contributed by atoms with Crippen molar-refractivity contribution < 1.29 is 0 Å². The number of hydrogen-bond acceptors (Lipinski definition) is 5. The average Bonchev–Trinajstić information content (AvgIpc) is 3.65. The number of rotatable bonds is 7. The number of aromatic nitrogens is 6. The Morgan fingerprint density at radius 3 is 1.11 bits per heavy atom. The van der Waals surface area contributed by atoms with Crippen molar-refractivity contribution in [2.24, 2.45) is 0 Å². The fraction of sp³-hybridized carbons (Fsp3) is 0. The van der Waals surface area contributed by atoms with Crippen molar-refractivity contribution in [3.63, 3.8) is 0 Å². The molecular weight excluding hydrogens is 697 g/mol. The van der Waals surface area contributed by atoms with Crippen LogP contribution in [0.1, 0.15) is 0 Å². The molecule has 0 aliphatic heterocycles. The molecule has 7 aromatic carbocycles. The molecule has 0 bridgehead atoms. The van der Waals surface area contributed by atoms with Gasteiger partial charge in [-0.1, -0.05) is 158 Å². The molecule has 0 aliphatic rings. The zero-order valence-corrected chi connectivity index (χ0v) is 30.7. The van der Waals surface area contributed by atoms with Crippen molar-refractivity contribution in [2.45, 2.75) is 0 Å². The molecule has 57 heavy (non-hydrogen) atoms. The zero-order valence-electron chi connectivity index (χ0n) is 30.7. The molecule has 11 rings (SSSR count). The summed E-state index contributed by atoms with van der Waals surface area (Å²) in [6.45, 7) is 0. The predicted molar refractivity (Wildman–Crippen MR) is 231 cm³/mol. The van der Waals surface area contributed by atoms with Gasteiger partial charge in [-0.3, -0.25) is 4.57 Å². The molecule has 4 aromatic heterocycles. The maximum absolute atomic E-state index is 5.44. The lowest BCUT2D eigenvalue weighted by atomic mass is 10.0. The number of nitrogens with zero attached hydrogens (tertiary/aromatic N) is 6. The van der Waals surface area contributed by atoms with Gasteiger partial charge in [0.2, 0.25) is 0 Å². The average molecular weight is 729 g/mol. The van der Waals surface area contributed by atoms with E-state index in [1.807, 2.05) is 78.9 Å². The van der Waals surface area contributed by atoms with Gasteiger partial charge in [-0.15, -0.1) is 0 Å². The van der Waals surface area contributed by atoms with E-state index in [4.69, 9.17) is 24.9 Å². The van der Waals surface area contributed by atoms with Gasteiger partial charge in [-0.05, 0) is 47.2 Å². The molecule has 6 nitrogen and oxygen atoms in total. The lowest BCUT2D eigenvalue weighted by Crippen LogP contribution is -2.04. The fourth-order valence-electron chi connectivity index (χ4n) is 7.91. The Kier molecular flexibility index (Phi) is 7.71. The molecule has 0 fully saturated rings. The first-order chi connectivity index (χ1) is 28.2. The van der Waals surface area contributed by atoms with E-state index < -0.39 is 0 Å². The van der Waals surface area contributed by atoms with E-state index in [9.17, 15) is 0 Å². The lowest BCUT2D eigenvalue weighted by Gasteiger charge is -2.14. The third-order valence-corrected chi connectivity index (χ3v) is 10.6. The first kappa shape index (κ1) is 32.6. The van der Waals surface area contributed by atoms with Gasteiger partial charge in [0.15, 0.2) is 11.6 Å². The topological polar surface area (TPSA) is 69.4 Å². The van der Waals surface area contributed by atoms with E-state index in [0.717, 1.165) is 67.4 Å². The Bertz CT molecular complexity index is 2890. The second-order valence-electron chi connectivity index (χ2n) is 14.1. The van der Waals surface area contributed by atoms with E-state index in [0.29, 0.717) is 17.3 Å². The molecule has 6 heteroatoms. The second kappa shape index (κ2) is 13.5. The monoisotopic (exact) mass is 728 g/mol. The molecule has 266 valence electrons. The van der Waals surface area contributed by atoms with Gasteiger partial charge in [0, 0.05) is 38.6 Å². The van der Waals surface area contributed by atoms with Crippen LogP contribution in [0.5, 0.6) is 0 Å². The number of hydrogen-bond donors (Lipinski definition) is 0. The first-order valence-electron chi connectivity index (χ1n) is 19.0. The minimum atomic E-state index is 0.508. The lowest BCUT2D eigenvalue weighted by molar-refractivity contribution is 1.06. The van der Waals surface area contributed by atoms with Crippen molar-refractivity contribution in [1.29, 1.82) is 0 Å². The van der Waals surface area contributed by atoms with Crippen molar-refractivity contribution in [1.82, 2.24) is 29.5 Å². The summed E-state index contributed by atoms with van der Waals surface area (Å²) in [6.07, 6.45) is 0. The second-order valence-corrected chi connectivity index (χ2v) is 14.1. The molecule has 0 radical (unpaired) electrons. The summed E-state index contributed by atoms with van der Waals surface area (Å²) < 4.78 is 2.26. The largest absolute Gasteiger partial charge is 0.294 e. The third-order valence-electron chi connectivity index (χ3n) is 10.6. The first-order valence-corrected chi connectivity index (χ1v) is 19.0. The molecule has 0 N–H and O–H groups in total. The highest BCUT2D eigenvalue weighted by Gasteiger charge is 2.21. The van der Waals surface area contributed by atoms with Crippen LogP contribution in [0.2, 0.25) is 0 Å². The van der Waals surface area contributed by atoms with Crippen LogP contribution in [0.15, 0.2) is 194 Å². The minimum Gasteiger partial charge on any atom is -0.294 e. The van der Waals surface area contributed by atoms with E-state index in [2.05, 4.69) is 120 Å². The summed E-state index contributed by atoms with van der Waals surface area (Å²) >= 11 is 0. The van der Waals surface area contributed by atoms with Gasteiger partial charge < -0.3 is 0 Å². The van der Waals surface area contributed by atoms with Crippen LogP contribution < -0.4 is 0 Å². The summed E-state index contributed by atoms with van der Waals surface area (Å²) in [4.78, 5) is 26.4. The summed E-state index contributed by atoms with van der Waals surface area (Å²) in [6, 6.07) is 66.6. The predicted octanol–water partition coefficient (Wildman–Crippen LogP) is 12.4. The number of benzene rings is 7. The Morgan fingerprint density at radius 2 is 0.684 bits per heavy atom. The SMILES string of the molecule is c1ccc(-c2cc(-c3ccccc3)nc(-c3cc(-c4nc(-c5ccccc5)cc(-c5ccccc5)n4)nc(-n4c5cccc6ccc7cccc4c7c65)c3)n2)cc1. The quantitative estimate of drug-likeness (QED) is 0.153. The van der Waals surface area contributed by atoms with Crippen LogP contribution >= 0.6 is 0 Å². The molecule has 0 amide bonds. The van der Waals surface area contributed by atoms with Crippen LogP contribution in [0.25, 0.3) is 106 Å². The summed E-state index contributed by atoms with van der Waals surface area (Å²) in [5, 5.41) is 4.79. The highest BCUT2D eigenvalue weighted by molar-refractivity contribution is 6.24. The Morgan fingerprint density at radius 1 is 0.281 bits per heavy atom. The van der Waals surface area contributed by atoms with Gasteiger partial charge in [-0.25, -0.2) is 24.9 Å². The standard InChI is InChI=1S/C51H32N6/c1-5-15-33(16-6-1)40-31-41(34-17-7-2-8-18-34)54-50(53-40)39-29-44(51-55-42(35-19-9-3-10-20-35)32-43(56-51)36-21-11-4-12-22-36)52-47(30-39)57-45-25-13-23-37-27-28-38-24-14-26-46(57)49(38)48(37)45/h1-32H. The molecule has 4 heterocycles. The highest BCUT2D eigenvalue weighted by atomic mass is 15.1. The van der Waals surface area contributed by atoms with Crippen LogP contribution in [0.4, 0.5) is 0 Å². The fourth-order valence-corrected chi connectivity index (χ4v) is 7.91. The Balaban J connectivity index is 1.21. The van der Waals surface area contributed by atoms with Gasteiger partial charge >= 0.3 is 0 Å². The maximum atomic E-state index is 5.44. The zero-order chi connectivity index (χ0) is 37.7. The van der Waals surface area contributed by atoms with Crippen molar-refractivity contribution in [3.05, 3.63) is 194 Å². The summed E-state index contributed by atoms with van der Waals surface area (Å²) in [5.74, 6) is 1.81. The van der Waals surface area contributed by atoms with Gasteiger partial charge in [-0.2, -0.15) is 0 Å². The van der Waals surface area contributed by atoms with Gasteiger partial charge in [0.1, 0.15) is 11.5 Å². The van der Waals surface area contributed by atoms with Gasteiger partial charge in [0.25, 0.3) is 0 Å². The summed E-state index contributed by atoms with van der Waals surface area (Å²) in [7, 11) is 0. The molecule has 0 saturated carbocycles. The highest BCUT2D eigenvalue weighted by Crippen LogP contribution is 2.40. The van der Waals surface area contributed by atoms with Gasteiger partial charge in [0.05, 0.1) is 33.8 Å². The van der Waals surface area contributed by atoms with Crippen molar-refractivity contribution in [3.8, 4) is 73.8 Å². The molecule has 0 saturated heterocycles. The van der Waals surface area contributed by atoms with E-state index >= 15 is 0 Å². The third kappa shape index (κ3) is 5.79. The smallest absolute Gasteiger partial charge is 0.179 e. The summed E-state index contributed by atoms with van der Waals surface area (Å²) in [5.41, 5.74) is 10.8. The minimum absolute atomic E-state index is 0.508. The van der Waals surface area contributed by atoms with Crippen molar-refractivity contribution >= 4 is 32.6 Å². The molecule has 0 atom stereocenters. The molecule has 0 aliphatic carbocycles. The van der Waals surface area contributed by atoms with Crippen molar-refractivity contribution in [2.75, 3.05) is 0 Å². The van der Waals surface area contributed by atoms with E-state index in [1.54, 1.807) is 0 Å². The van der Waals surface area contributed by atoms with Crippen LogP contribution in [0, 0.1) is 0 Å². The molecule has 0 spiro atoms. The van der Waals surface area contributed by atoms with Crippen LogP contribution in [0.3, 0.4) is 0 Å². The Labute approximate surface area is 328 Å². The molecular formula is C51H32N6. The van der Waals surface area contributed by atoms with Crippen LogP contribution in [-0.2, 0) is 0 Å². The van der Waals surface area contributed by atoms with Crippen LogP contribution in [-0.4, -0.2) is 29.5 Å². The molecule has 0 unspecified atom stereocenters. The van der Waals surface area contributed by atoms with E-state index in [-0.39, 0.29) is 0 Å². The normalized spacial score (nSPS) is 11.5. The van der Waals surface area contributed by atoms with E-state index in [1.165, 1.54) is 21.5 Å². The Hall–Kier alpha value is -7.83. The maximum Gasteiger partial charge on any atom is 0.179 e. The number of pyridine rings is 1.